The molecule has 0 radical (unpaired) electrons. The van der Waals surface area contributed by atoms with Crippen LogP contribution in [0.1, 0.15) is 25.3 Å². The molecule has 1 heterocycles. The molecule has 4 nitrogen and oxygen atoms in total. The summed E-state index contributed by atoms with van der Waals surface area (Å²) in [5.74, 6) is 1.35. The Labute approximate surface area is 139 Å². The Morgan fingerprint density at radius 1 is 1.39 bits per heavy atom. The molecule has 2 rings (SSSR count). The number of hydrogen-bond donors (Lipinski definition) is 2. The molecule has 128 valence electrons. The summed E-state index contributed by atoms with van der Waals surface area (Å²) in [7, 11) is 1.79. The van der Waals surface area contributed by atoms with E-state index in [4.69, 9.17) is 0 Å². The smallest absolute Gasteiger partial charge is 0.190 e. The Balaban J connectivity index is 1.66. The average Bonchev–Trinajstić information content (AvgIpc) is 2.99. The van der Waals surface area contributed by atoms with Crippen LogP contribution in [0, 0.1) is 11.7 Å². The van der Waals surface area contributed by atoms with Crippen LogP contribution in [0.3, 0.4) is 0 Å². The van der Waals surface area contributed by atoms with Crippen LogP contribution in [0.25, 0.3) is 0 Å². The maximum Gasteiger partial charge on any atom is 0.190 e. The molecular weight excluding hydrogens is 291 g/mol. The van der Waals surface area contributed by atoms with Crippen molar-refractivity contribution in [3.63, 3.8) is 0 Å². The second-order valence-electron chi connectivity index (χ2n) is 6.22. The van der Waals surface area contributed by atoms with Crippen LogP contribution in [0.2, 0.25) is 0 Å². The van der Waals surface area contributed by atoms with Crippen molar-refractivity contribution in [1.82, 2.24) is 15.5 Å². The zero-order valence-corrected chi connectivity index (χ0v) is 14.3. The predicted octanol–water partition coefficient (Wildman–Crippen LogP) is 2.27. The standard InChI is InChI=1S/C18H29FN4/c1-3-10-23-11-8-16(14-23)13-22-18(20-2)21-9-7-15-5-4-6-17(19)12-15/h4-6,12,16H,3,7-11,13-14H2,1-2H3,(H2,20,21,22). The van der Waals surface area contributed by atoms with Gasteiger partial charge in [-0.2, -0.15) is 0 Å². The Kier molecular flexibility index (Phi) is 7.33. The van der Waals surface area contributed by atoms with Crippen molar-refractivity contribution in [3.05, 3.63) is 35.6 Å². The van der Waals surface area contributed by atoms with Gasteiger partial charge in [-0.3, -0.25) is 4.99 Å². The zero-order valence-electron chi connectivity index (χ0n) is 14.3. The predicted molar refractivity (Wildman–Crippen MR) is 94.3 cm³/mol. The van der Waals surface area contributed by atoms with E-state index in [1.165, 1.54) is 38.5 Å². The van der Waals surface area contributed by atoms with Crippen molar-refractivity contribution in [2.75, 3.05) is 39.8 Å². The first-order valence-electron chi connectivity index (χ1n) is 8.62. The number of guanidine groups is 1. The molecule has 1 unspecified atom stereocenters. The monoisotopic (exact) mass is 320 g/mol. The molecule has 1 aromatic rings. The highest BCUT2D eigenvalue weighted by Crippen LogP contribution is 2.15. The first kappa shape index (κ1) is 17.7. The molecule has 1 saturated heterocycles. The Bertz CT molecular complexity index is 504. The number of nitrogens with one attached hydrogen (secondary N) is 2. The molecule has 0 saturated carbocycles. The highest BCUT2D eigenvalue weighted by Gasteiger charge is 2.21. The topological polar surface area (TPSA) is 39.7 Å². The second-order valence-corrected chi connectivity index (χ2v) is 6.22. The summed E-state index contributed by atoms with van der Waals surface area (Å²) >= 11 is 0. The second kappa shape index (κ2) is 9.50. The number of rotatable bonds is 7. The minimum absolute atomic E-state index is 0.178. The van der Waals surface area contributed by atoms with E-state index < -0.39 is 0 Å². The van der Waals surface area contributed by atoms with E-state index in [9.17, 15) is 4.39 Å². The van der Waals surface area contributed by atoms with Gasteiger partial charge in [0.25, 0.3) is 0 Å². The maximum absolute atomic E-state index is 13.1. The van der Waals surface area contributed by atoms with Gasteiger partial charge in [-0.25, -0.2) is 4.39 Å². The highest BCUT2D eigenvalue weighted by atomic mass is 19.1. The Hall–Kier alpha value is -1.62. The Morgan fingerprint density at radius 3 is 3.00 bits per heavy atom. The Morgan fingerprint density at radius 2 is 2.26 bits per heavy atom. The number of halogens is 1. The molecule has 1 aromatic carbocycles. The van der Waals surface area contributed by atoms with Gasteiger partial charge in [0.15, 0.2) is 5.96 Å². The lowest BCUT2D eigenvalue weighted by Crippen LogP contribution is -2.41. The van der Waals surface area contributed by atoms with E-state index in [0.29, 0.717) is 5.92 Å². The third-order valence-electron chi connectivity index (χ3n) is 4.29. The summed E-state index contributed by atoms with van der Waals surface area (Å²) in [4.78, 5) is 6.79. The quantitative estimate of drug-likeness (QED) is 0.598. The minimum atomic E-state index is -0.178. The fourth-order valence-corrected chi connectivity index (χ4v) is 3.08. The lowest BCUT2D eigenvalue weighted by atomic mass is 10.1. The van der Waals surface area contributed by atoms with Crippen LogP contribution in [0.15, 0.2) is 29.3 Å². The van der Waals surface area contributed by atoms with E-state index >= 15 is 0 Å². The number of hydrogen-bond acceptors (Lipinski definition) is 2. The van der Waals surface area contributed by atoms with Gasteiger partial charge >= 0.3 is 0 Å². The average molecular weight is 320 g/mol. The lowest BCUT2D eigenvalue weighted by Gasteiger charge is -2.17. The maximum atomic E-state index is 13.1. The van der Waals surface area contributed by atoms with Crippen molar-refractivity contribution in [2.24, 2.45) is 10.9 Å². The largest absolute Gasteiger partial charge is 0.356 e. The first-order valence-corrected chi connectivity index (χ1v) is 8.62. The van der Waals surface area contributed by atoms with Gasteiger partial charge in [0.1, 0.15) is 5.82 Å². The fourth-order valence-electron chi connectivity index (χ4n) is 3.08. The third kappa shape index (κ3) is 6.18. The fraction of sp³-hybridized carbons (Fsp3) is 0.611. The van der Waals surface area contributed by atoms with E-state index in [1.54, 1.807) is 19.2 Å². The molecule has 1 aliphatic rings. The molecule has 0 aliphatic carbocycles. The molecule has 5 heteroatoms. The summed E-state index contributed by atoms with van der Waals surface area (Å²) in [5.41, 5.74) is 0.999. The number of nitrogens with zero attached hydrogens (tertiary/aromatic N) is 2. The molecule has 0 bridgehead atoms. The van der Waals surface area contributed by atoms with Gasteiger partial charge in [-0.05, 0) is 56.0 Å². The van der Waals surface area contributed by atoms with E-state index in [0.717, 1.165) is 31.0 Å². The molecule has 1 aliphatic heterocycles. The summed E-state index contributed by atoms with van der Waals surface area (Å²) in [6.07, 6.45) is 3.27. The molecular formula is C18H29FN4. The van der Waals surface area contributed by atoms with Crippen molar-refractivity contribution in [2.45, 2.75) is 26.2 Å². The van der Waals surface area contributed by atoms with Crippen molar-refractivity contribution >= 4 is 5.96 Å². The van der Waals surface area contributed by atoms with Gasteiger partial charge < -0.3 is 15.5 Å². The van der Waals surface area contributed by atoms with Crippen LogP contribution in [-0.2, 0) is 6.42 Å². The van der Waals surface area contributed by atoms with Gasteiger partial charge in [0.05, 0.1) is 0 Å². The SMILES string of the molecule is CCCN1CCC(CNC(=NC)NCCc2cccc(F)c2)C1. The molecule has 0 amide bonds. The summed E-state index contributed by atoms with van der Waals surface area (Å²) in [6.45, 7) is 7.54. The van der Waals surface area contributed by atoms with Crippen LogP contribution in [-0.4, -0.2) is 50.6 Å². The van der Waals surface area contributed by atoms with Crippen molar-refractivity contribution in [3.8, 4) is 0 Å². The van der Waals surface area contributed by atoms with E-state index in [1.807, 2.05) is 6.07 Å². The summed E-state index contributed by atoms with van der Waals surface area (Å²) in [5, 5.41) is 6.71. The van der Waals surface area contributed by atoms with Gasteiger partial charge in [0, 0.05) is 26.7 Å². The van der Waals surface area contributed by atoms with Crippen molar-refractivity contribution < 1.29 is 4.39 Å². The summed E-state index contributed by atoms with van der Waals surface area (Å²) < 4.78 is 13.1. The van der Waals surface area contributed by atoms with Crippen LogP contribution in [0.4, 0.5) is 4.39 Å². The molecule has 0 spiro atoms. The normalized spacial score (nSPS) is 19.1. The zero-order chi connectivity index (χ0) is 16.5. The van der Waals surface area contributed by atoms with E-state index in [2.05, 4.69) is 27.4 Å². The molecule has 2 N–H and O–H groups in total. The van der Waals surface area contributed by atoms with Crippen LogP contribution in [0.5, 0.6) is 0 Å². The summed E-state index contributed by atoms with van der Waals surface area (Å²) in [6, 6.07) is 6.75. The van der Waals surface area contributed by atoms with Crippen LogP contribution < -0.4 is 10.6 Å². The lowest BCUT2D eigenvalue weighted by molar-refractivity contribution is 0.324. The third-order valence-corrected chi connectivity index (χ3v) is 4.29. The van der Waals surface area contributed by atoms with Gasteiger partial charge in [0.2, 0.25) is 0 Å². The van der Waals surface area contributed by atoms with Gasteiger partial charge in [-0.15, -0.1) is 0 Å². The first-order chi connectivity index (χ1) is 11.2. The van der Waals surface area contributed by atoms with Crippen molar-refractivity contribution in [1.29, 1.82) is 0 Å². The molecule has 1 fully saturated rings. The highest BCUT2D eigenvalue weighted by molar-refractivity contribution is 5.79. The number of likely N-dealkylation sites (tertiary alicyclic amines) is 1. The number of benzene rings is 1. The minimum Gasteiger partial charge on any atom is -0.356 e. The molecule has 1 atom stereocenters. The molecule has 0 aromatic heterocycles. The number of aliphatic imine (C=N–C) groups is 1. The van der Waals surface area contributed by atoms with Crippen LogP contribution >= 0.6 is 0 Å². The van der Waals surface area contributed by atoms with Gasteiger partial charge in [-0.1, -0.05) is 19.1 Å². The molecule has 23 heavy (non-hydrogen) atoms. The van der Waals surface area contributed by atoms with E-state index in [-0.39, 0.29) is 5.82 Å².